The van der Waals surface area contributed by atoms with Gasteiger partial charge in [-0.2, -0.15) is 5.26 Å². The van der Waals surface area contributed by atoms with Crippen LogP contribution in [0.1, 0.15) is 5.56 Å². The molecule has 0 fully saturated rings. The minimum Gasteiger partial charge on any atom is -0.497 e. The van der Waals surface area contributed by atoms with Gasteiger partial charge in [-0.05, 0) is 24.3 Å². The highest BCUT2D eigenvalue weighted by atomic mass is 16.5. The molecule has 84 valence electrons. The molecular weight excluding hydrogens is 218 g/mol. The summed E-state index contributed by atoms with van der Waals surface area (Å²) in [7, 11) is 1.57. The number of H-pyrrole nitrogens is 1. The Kier molecular flexibility index (Phi) is 2.88. The molecule has 5 nitrogen and oxygen atoms in total. The summed E-state index contributed by atoms with van der Waals surface area (Å²) in [6, 6.07) is 8.86. The van der Waals surface area contributed by atoms with Gasteiger partial charge in [0.1, 0.15) is 17.4 Å². The van der Waals surface area contributed by atoms with Gasteiger partial charge in [-0.25, -0.2) is 4.98 Å². The molecule has 17 heavy (non-hydrogen) atoms. The highest BCUT2D eigenvalue weighted by Crippen LogP contribution is 2.21. The van der Waals surface area contributed by atoms with Gasteiger partial charge in [-0.15, -0.1) is 0 Å². The van der Waals surface area contributed by atoms with Crippen molar-refractivity contribution in [2.24, 2.45) is 0 Å². The van der Waals surface area contributed by atoms with E-state index in [1.807, 2.05) is 6.07 Å². The Morgan fingerprint density at radius 1 is 1.35 bits per heavy atom. The molecule has 0 radical (unpaired) electrons. The Morgan fingerprint density at radius 3 is 2.65 bits per heavy atom. The molecule has 0 aliphatic rings. The first-order valence-electron chi connectivity index (χ1n) is 4.88. The van der Waals surface area contributed by atoms with Crippen LogP contribution in [0.3, 0.4) is 0 Å². The maximum Gasteiger partial charge on any atom is 0.269 e. The molecule has 0 spiro atoms. The number of aromatic nitrogens is 2. The number of benzene rings is 1. The molecule has 0 atom stereocenters. The van der Waals surface area contributed by atoms with E-state index in [0.717, 1.165) is 0 Å². The summed E-state index contributed by atoms with van der Waals surface area (Å²) < 4.78 is 5.03. The summed E-state index contributed by atoms with van der Waals surface area (Å²) in [5, 5.41) is 8.93. The molecule has 2 rings (SSSR count). The van der Waals surface area contributed by atoms with Crippen LogP contribution < -0.4 is 10.3 Å². The Bertz CT molecular complexity index is 623. The van der Waals surface area contributed by atoms with E-state index >= 15 is 0 Å². The molecular formula is C12H9N3O2. The summed E-state index contributed by atoms with van der Waals surface area (Å²) in [5.41, 5.74) is 0.651. The van der Waals surface area contributed by atoms with Crippen LogP contribution in [0, 0.1) is 11.3 Å². The second-order valence-electron chi connectivity index (χ2n) is 3.30. The van der Waals surface area contributed by atoms with Gasteiger partial charge in [0.05, 0.1) is 19.1 Å². The summed E-state index contributed by atoms with van der Waals surface area (Å²) in [5.74, 6) is 0.706. The number of aromatic amines is 1. The second-order valence-corrected chi connectivity index (χ2v) is 3.30. The smallest absolute Gasteiger partial charge is 0.269 e. The highest BCUT2D eigenvalue weighted by Gasteiger charge is 2.09. The van der Waals surface area contributed by atoms with Crippen molar-refractivity contribution in [1.29, 1.82) is 5.26 Å². The Balaban J connectivity index is 2.57. The van der Waals surface area contributed by atoms with E-state index in [9.17, 15) is 4.79 Å². The lowest BCUT2D eigenvalue weighted by atomic mass is 10.1. The first kappa shape index (κ1) is 10.9. The van der Waals surface area contributed by atoms with Gasteiger partial charge in [-0.1, -0.05) is 0 Å². The van der Waals surface area contributed by atoms with Crippen LogP contribution in [0.15, 0.2) is 35.4 Å². The van der Waals surface area contributed by atoms with Gasteiger partial charge in [0, 0.05) is 5.56 Å². The Labute approximate surface area is 97.3 Å². The number of nitriles is 1. The monoisotopic (exact) mass is 227 g/mol. The lowest BCUT2D eigenvalue weighted by molar-refractivity contribution is 0.415. The molecule has 1 aromatic carbocycles. The fourth-order valence-corrected chi connectivity index (χ4v) is 1.47. The first-order valence-corrected chi connectivity index (χ1v) is 4.88. The summed E-state index contributed by atoms with van der Waals surface area (Å²) >= 11 is 0. The molecule has 5 heteroatoms. The fourth-order valence-electron chi connectivity index (χ4n) is 1.47. The van der Waals surface area contributed by atoms with Crippen molar-refractivity contribution >= 4 is 0 Å². The summed E-state index contributed by atoms with van der Waals surface area (Å²) in [4.78, 5) is 17.8. The zero-order valence-corrected chi connectivity index (χ0v) is 9.10. The number of methoxy groups -OCH3 is 1. The average molecular weight is 227 g/mol. The van der Waals surface area contributed by atoms with Crippen LogP contribution in [0.5, 0.6) is 5.75 Å². The quantitative estimate of drug-likeness (QED) is 0.839. The van der Waals surface area contributed by atoms with E-state index in [1.165, 1.54) is 6.33 Å². The van der Waals surface area contributed by atoms with Crippen molar-refractivity contribution in [2.75, 3.05) is 7.11 Å². The van der Waals surface area contributed by atoms with Crippen LogP contribution in [-0.4, -0.2) is 17.1 Å². The lowest BCUT2D eigenvalue weighted by Crippen LogP contribution is -2.12. The lowest BCUT2D eigenvalue weighted by Gasteiger charge is -2.03. The SMILES string of the molecule is COc1ccc(-c2nc[nH]c(=O)c2C#N)cc1. The third-order valence-corrected chi connectivity index (χ3v) is 2.33. The fraction of sp³-hybridized carbons (Fsp3) is 0.0833. The molecule has 1 N–H and O–H groups in total. The van der Waals surface area contributed by atoms with E-state index in [0.29, 0.717) is 17.0 Å². The topological polar surface area (TPSA) is 78.8 Å². The van der Waals surface area contributed by atoms with Crippen molar-refractivity contribution in [2.45, 2.75) is 0 Å². The zero-order valence-electron chi connectivity index (χ0n) is 9.10. The van der Waals surface area contributed by atoms with Gasteiger partial charge >= 0.3 is 0 Å². The second kappa shape index (κ2) is 4.49. The van der Waals surface area contributed by atoms with Gasteiger partial charge in [0.2, 0.25) is 0 Å². The molecule has 0 saturated carbocycles. The van der Waals surface area contributed by atoms with E-state index in [-0.39, 0.29) is 5.56 Å². The van der Waals surface area contributed by atoms with E-state index in [2.05, 4.69) is 9.97 Å². The Hall–Kier alpha value is -2.61. The largest absolute Gasteiger partial charge is 0.497 e. The predicted octanol–water partition coefficient (Wildman–Crippen LogP) is 1.32. The number of hydrogen-bond donors (Lipinski definition) is 1. The van der Waals surface area contributed by atoms with Crippen LogP contribution in [-0.2, 0) is 0 Å². The van der Waals surface area contributed by atoms with E-state index in [1.54, 1.807) is 31.4 Å². The predicted molar refractivity (Wildman–Crippen MR) is 61.6 cm³/mol. The van der Waals surface area contributed by atoms with Gasteiger partial charge in [0.15, 0.2) is 0 Å². The number of ether oxygens (including phenoxy) is 1. The van der Waals surface area contributed by atoms with Crippen LogP contribution >= 0.6 is 0 Å². The number of nitrogens with one attached hydrogen (secondary N) is 1. The maximum atomic E-state index is 11.4. The van der Waals surface area contributed by atoms with Crippen molar-refractivity contribution in [3.63, 3.8) is 0 Å². The normalized spacial score (nSPS) is 9.65. The molecule has 1 heterocycles. The first-order chi connectivity index (χ1) is 8.26. The third kappa shape index (κ3) is 2.01. The van der Waals surface area contributed by atoms with Crippen molar-refractivity contribution in [3.8, 4) is 23.1 Å². The third-order valence-electron chi connectivity index (χ3n) is 2.33. The number of nitrogens with zero attached hydrogens (tertiary/aromatic N) is 2. The average Bonchev–Trinajstić information content (AvgIpc) is 2.38. The van der Waals surface area contributed by atoms with Gasteiger partial charge < -0.3 is 9.72 Å². The summed E-state index contributed by atoms with van der Waals surface area (Å²) in [6.45, 7) is 0. The molecule has 0 bridgehead atoms. The van der Waals surface area contributed by atoms with Crippen molar-refractivity contribution < 1.29 is 4.74 Å². The molecule has 0 aliphatic heterocycles. The minimum absolute atomic E-state index is 0.0117. The standard InChI is InChI=1S/C12H9N3O2/c1-17-9-4-2-8(3-5-9)11-10(6-13)12(16)15-7-14-11/h2-5,7H,1H3,(H,14,15,16). The molecule has 0 amide bonds. The van der Waals surface area contributed by atoms with Crippen LogP contribution in [0.2, 0.25) is 0 Å². The molecule has 0 unspecified atom stereocenters. The minimum atomic E-state index is -0.437. The number of rotatable bonds is 2. The van der Waals surface area contributed by atoms with Gasteiger partial charge in [0.25, 0.3) is 5.56 Å². The number of hydrogen-bond acceptors (Lipinski definition) is 4. The van der Waals surface area contributed by atoms with E-state index < -0.39 is 5.56 Å². The van der Waals surface area contributed by atoms with E-state index in [4.69, 9.17) is 10.00 Å². The molecule has 1 aromatic heterocycles. The van der Waals surface area contributed by atoms with Gasteiger partial charge in [-0.3, -0.25) is 4.79 Å². The van der Waals surface area contributed by atoms with Crippen LogP contribution in [0.4, 0.5) is 0 Å². The molecule has 2 aromatic rings. The Morgan fingerprint density at radius 2 is 2.06 bits per heavy atom. The maximum absolute atomic E-state index is 11.4. The van der Waals surface area contributed by atoms with Crippen LogP contribution in [0.25, 0.3) is 11.3 Å². The molecule has 0 saturated heterocycles. The van der Waals surface area contributed by atoms with Crippen molar-refractivity contribution in [1.82, 2.24) is 9.97 Å². The molecule has 0 aliphatic carbocycles. The zero-order chi connectivity index (χ0) is 12.3. The van der Waals surface area contributed by atoms with Crippen molar-refractivity contribution in [3.05, 3.63) is 46.5 Å². The highest BCUT2D eigenvalue weighted by molar-refractivity contribution is 5.66. The summed E-state index contributed by atoms with van der Waals surface area (Å²) in [6.07, 6.45) is 1.28.